The molecule has 0 aromatic carbocycles. The summed E-state index contributed by atoms with van der Waals surface area (Å²) in [6.07, 6.45) is 5.51. The molecule has 0 spiro atoms. The van der Waals surface area contributed by atoms with Crippen LogP contribution in [0.1, 0.15) is 54.4 Å². The van der Waals surface area contributed by atoms with Crippen molar-refractivity contribution in [1.82, 2.24) is 9.88 Å². The lowest BCUT2D eigenvalue weighted by Gasteiger charge is -2.32. The third kappa shape index (κ3) is 2.46. The number of rotatable bonds is 3. The number of aliphatic carboxylic acids is 1. The maximum Gasteiger partial charge on any atom is 0.326 e. The van der Waals surface area contributed by atoms with Gasteiger partial charge in [0.05, 0.1) is 11.2 Å². The molecule has 3 rings (SSSR count). The number of carbonyl (C=O) groups excluding carboxylic acids is 1. The number of thiazole rings is 1. The van der Waals surface area contributed by atoms with Crippen LogP contribution in [-0.4, -0.2) is 39.0 Å². The van der Waals surface area contributed by atoms with Crippen LogP contribution in [0.5, 0.6) is 0 Å². The maximum atomic E-state index is 12.9. The third-order valence-corrected chi connectivity index (χ3v) is 5.63. The van der Waals surface area contributed by atoms with Gasteiger partial charge in [0.15, 0.2) is 0 Å². The van der Waals surface area contributed by atoms with E-state index in [-0.39, 0.29) is 11.9 Å². The average molecular weight is 308 g/mol. The Morgan fingerprint density at radius 1 is 1.43 bits per heavy atom. The molecule has 1 N–H and O–H groups in total. The molecular weight excluding hydrogens is 288 g/mol. The minimum Gasteiger partial charge on any atom is -0.480 e. The van der Waals surface area contributed by atoms with Crippen LogP contribution in [-0.2, 0) is 11.2 Å². The number of aryl methyl sites for hydroxylation is 1. The van der Waals surface area contributed by atoms with Crippen molar-refractivity contribution in [3.63, 3.8) is 0 Å². The molecule has 1 saturated carbocycles. The van der Waals surface area contributed by atoms with Gasteiger partial charge in [-0.1, -0.05) is 19.8 Å². The summed E-state index contributed by atoms with van der Waals surface area (Å²) in [4.78, 5) is 31.0. The van der Waals surface area contributed by atoms with Gasteiger partial charge < -0.3 is 10.0 Å². The predicted octanol–water partition coefficient (Wildman–Crippen LogP) is 2.56. The van der Waals surface area contributed by atoms with Crippen molar-refractivity contribution in [2.45, 2.75) is 57.5 Å². The van der Waals surface area contributed by atoms with Gasteiger partial charge in [0.1, 0.15) is 10.9 Å². The molecule has 1 aliphatic heterocycles. The minimum absolute atomic E-state index is 0.0964. The Bertz CT molecular complexity index is 557. The van der Waals surface area contributed by atoms with E-state index in [1.807, 2.05) is 6.92 Å². The smallest absolute Gasteiger partial charge is 0.326 e. The van der Waals surface area contributed by atoms with E-state index in [0.717, 1.165) is 31.4 Å². The molecule has 3 unspecified atom stereocenters. The van der Waals surface area contributed by atoms with Crippen LogP contribution in [0.4, 0.5) is 0 Å². The van der Waals surface area contributed by atoms with Crippen LogP contribution in [0.15, 0.2) is 5.51 Å². The number of carboxylic acid groups (broad SMARTS) is 1. The molecule has 1 aliphatic carbocycles. The molecular formula is C15H20N2O3S. The lowest BCUT2D eigenvalue weighted by Crippen LogP contribution is -2.46. The minimum atomic E-state index is -0.875. The van der Waals surface area contributed by atoms with Gasteiger partial charge in [-0.05, 0) is 31.6 Å². The Hall–Kier alpha value is -1.43. The van der Waals surface area contributed by atoms with Gasteiger partial charge >= 0.3 is 5.97 Å². The van der Waals surface area contributed by atoms with Crippen molar-refractivity contribution >= 4 is 23.2 Å². The monoisotopic (exact) mass is 308 g/mol. The van der Waals surface area contributed by atoms with E-state index in [4.69, 9.17) is 0 Å². The Labute approximate surface area is 128 Å². The SMILES string of the molecule is CCc1ncsc1C(=O)N1C(C(=O)O)CC2CCCCC21. The van der Waals surface area contributed by atoms with E-state index in [1.54, 1.807) is 10.4 Å². The Balaban J connectivity index is 1.93. The summed E-state index contributed by atoms with van der Waals surface area (Å²) in [5.74, 6) is -0.654. The van der Waals surface area contributed by atoms with E-state index < -0.39 is 12.0 Å². The highest BCUT2D eigenvalue weighted by Gasteiger charge is 2.48. The quantitative estimate of drug-likeness (QED) is 0.931. The molecule has 3 atom stereocenters. The van der Waals surface area contributed by atoms with Crippen LogP contribution in [0.3, 0.4) is 0 Å². The van der Waals surface area contributed by atoms with Crippen LogP contribution in [0.2, 0.25) is 0 Å². The number of carboxylic acids is 1. The fourth-order valence-electron chi connectivity index (χ4n) is 3.78. The highest BCUT2D eigenvalue weighted by molar-refractivity contribution is 7.11. The molecule has 114 valence electrons. The van der Waals surface area contributed by atoms with E-state index in [9.17, 15) is 14.7 Å². The largest absolute Gasteiger partial charge is 0.480 e. The van der Waals surface area contributed by atoms with Crippen LogP contribution < -0.4 is 0 Å². The van der Waals surface area contributed by atoms with Gasteiger partial charge in [-0.15, -0.1) is 11.3 Å². The highest BCUT2D eigenvalue weighted by atomic mass is 32.1. The number of nitrogens with zero attached hydrogens (tertiary/aromatic N) is 2. The van der Waals surface area contributed by atoms with Gasteiger partial charge in [0, 0.05) is 6.04 Å². The molecule has 1 amide bonds. The summed E-state index contributed by atoms with van der Waals surface area (Å²) in [5.41, 5.74) is 2.46. The lowest BCUT2D eigenvalue weighted by molar-refractivity contribution is -0.141. The van der Waals surface area contributed by atoms with Crippen LogP contribution in [0, 0.1) is 5.92 Å². The van der Waals surface area contributed by atoms with Crippen molar-refractivity contribution in [3.05, 3.63) is 16.1 Å². The van der Waals surface area contributed by atoms with Crippen molar-refractivity contribution in [1.29, 1.82) is 0 Å². The molecule has 1 aromatic heterocycles. The zero-order valence-corrected chi connectivity index (χ0v) is 12.9. The number of aromatic nitrogens is 1. The van der Waals surface area contributed by atoms with Crippen molar-refractivity contribution in [2.24, 2.45) is 5.92 Å². The number of hydrogen-bond donors (Lipinski definition) is 1. The number of hydrogen-bond acceptors (Lipinski definition) is 4. The van der Waals surface area contributed by atoms with E-state index >= 15 is 0 Å². The lowest BCUT2D eigenvalue weighted by atomic mass is 9.84. The van der Waals surface area contributed by atoms with Gasteiger partial charge in [-0.2, -0.15) is 0 Å². The summed E-state index contributed by atoms with van der Waals surface area (Å²) >= 11 is 1.33. The molecule has 2 fully saturated rings. The first-order valence-corrected chi connectivity index (χ1v) is 8.49. The Morgan fingerprint density at radius 2 is 2.19 bits per heavy atom. The molecule has 2 heterocycles. The van der Waals surface area contributed by atoms with Gasteiger partial charge in [0.25, 0.3) is 5.91 Å². The van der Waals surface area contributed by atoms with E-state index in [2.05, 4.69) is 4.98 Å². The predicted molar refractivity (Wildman–Crippen MR) is 79.4 cm³/mol. The van der Waals surface area contributed by atoms with Crippen LogP contribution >= 0.6 is 11.3 Å². The fraction of sp³-hybridized carbons (Fsp3) is 0.667. The molecule has 6 heteroatoms. The topological polar surface area (TPSA) is 70.5 Å². The third-order valence-electron chi connectivity index (χ3n) is 4.78. The molecule has 2 aliphatic rings. The fourth-order valence-corrected chi connectivity index (χ4v) is 4.61. The van der Waals surface area contributed by atoms with Gasteiger partial charge in [-0.25, -0.2) is 9.78 Å². The van der Waals surface area contributed by atoms with Crippen molar-refractivity contribution < 1.29 is 14.7 Å². The van der Waals surface area contributed by atoms with E-state index in [0.29, 0.717) is 23.6 Å². The Morgan fingerprint density at radius 3 is 2.90 bits per heavy atom. The van der Waals surface area contributed by atoms with Gasteiger partial charge in [-0.3, -0.25) is 4.79 Å². The van der Waals surface area contributed by atoms with Gasteiger partial charge in [0.2, 0.25) is 0 Å². The molecule has 1 saturated heterocycles. The Kier molecular flexibility index (Phi) is 3.97. The molecule has 21 heavy (non-hydrogen) atoms. The molecule has 0 bridgehead atoms. The number of carbonyl (C=O) groups is 2. The van der Waals surface area contributed by atoms with Crippen molar-refractivity contribution in [3.8, 4) is 0 Å². The first kappa shape index (κ1) is 14.5. The zero-order chi connectivity index (χ0) is 15.0. The summed E-state index contributed by atoms with van der Waals surface area (Å²) < 4.78 is 0. The first-order valence-electron chi connectivity index (χ1n) is 7.61. The normalized spacial score (nSPS) is 28.4. The molecule has 0 radical (unpaired) electrons. The van der Waals surface area contributed by atoms with Crippen LogP contribution in [0.25, 0.3) is 0 Å². The summed E-state index contributed by atoms with van der Waals surface area (Å²) in [7, 11) is 0. The second-order valence-corrected chi connectivity index (χ2v) is 6.75. The first-order chi connectivity index (χ1) is 10.1. The molecule has 1 aromatic rings. The second-order valence-electron chi connectivity index (χ2n) is 5.90. The van der Waals surface area contributed by atoms with E-state index in [1.165, 1.54) is 11.3 Å². The van der Waals surface area contributed by atoms with Crippen molar-refractivity contribution in [2.75, 3.05) is 0 Å². The molecule has 5 nitrogen and oxygen atoms in total. The second kappa shape index (κ2) is 5.75. The summed E-state index contributed by atoms with van der Waals surface area (Å²) in [5, 5.41) is 9.50. The number of amides is 1. The summed E-state index contributed by atoms with van der Waals surface area (Å²) in [6, 6.07) is -0.573. The standard InChI is InChI=1S/C15H20N2O3S/c1-2-10-13(21-8-16-10)14(18)17-11-6-4-3-5-9(11)7-12(17)15(19)20/h8-9,11-12H,2-7H2,1H3,(H,19,20). The average Bonchev–Trinajstić information content (AvgIpc) is 3.10. The number of fused-ring (bicyclic) bond motifs is 1. The summed E-state index contributed by atoms with van der Waals surface area (Å²) in [6.45, 7) is 1.97. The zero-order valence-electron chi connectivity index (χ0n) is 12.1. The highest BCUT2D eigenvalue weighted by Crippen LogP contribution is 2.41. The maximum absolute atomic E-state index is 12.9. The number of likely N-dealkylation sites (tertiary alicyclic amines) is 1.